The van der Waals surface area contributed by atoms with Crippen LogP contribution in [0, 0.1) is 6.92 Å². The fraction of sp³-hybridized carbons (Fsp3) is 0.583. The number of carbonyl (C=O) groups is 2. The average Bonchev–Trinajstić information content (AvgIpc) is 2.74. The number of aromatic nitrogens is 1. The number of aryl methyl sites for hydroxylation is 1. The SMILES string of the molecule is CCOCCCC(=O)NCc1nc(C)c(C(=O)O)s1. The Morgan fingerprint density at radius 1 is 1.47 bits per heavy atom. The molecule has 1 amide bonds. The molecule has 7 heteroatoms. The molecule has 0 saturated heterocycles. The topological polar surface area (TPSA) is 88.5 Å². The van der Waals surface area contributed by atoms with E-state index in [2.05, 4.69) is 10.3 Å². The number of aromatic carboxylic acids is 1. The number of thiazole rings is 1. The largest absolute Gasteiger partial charge is 0.477 e. The number of nitrogens with zero attached hydrogens (tertiary/aromatic N) is 1. The lowest BCUT2D eigenvalue weighted by Gasteiger charge is -2.03. The van der Waals surface area contributed by atoms with E-state index in [1.165, 1.54) is 0 Å². The van der Waals surface area contributed by atoms with E-state index in [0.717, 1.165) is 11.3 Å². The number of hydrogen-bond donors (Lipinski definition) is 2. The van der Waals surface area contributed by atoms with Gasteiger partial charge in [-0.05, 0) is 20.3 Å². The summed E-state index contributed by atoms with van der Waals surface area (Å²) in [4.78, 5) is 26.7. The van der Waals surface area contributed by atoms with Gasteiger partial charge in [0, 0.05) is 19.6 Å². The lowest BCUT2D eigenvalue weighted by molar-refractivity contribution is -0.121. The molecule has 106 valence electrons. The molecule has 0 atom stereocenters. The predicted molar refractivity (Wildman–Crippen MR) is 71.4 cm³/mol. The minimum absolute atomic E-state index is 0.0792. The first-order chi connectivity index (χ1) is 9.04. The van der Waals surface area contributed by atoms with Crippen LogP contribution in [0.25, 0.3) is 0 Å². The first-order valence-electron chi connectivity index (χ1n) is 6.08. The number of ether oxygens (including phenoxy) is 1. The molecule has 1 rings (SSSR count). The summed E-state index contributed by atoms with van der Waals surface area (Å²) in [5, 5.41) is 12.2. The van der Waals surface area contributed by atoms with Gasteiger partial charge >= 0.3 is 5.97 Å². The average molecular weight is 286 g/mol. The molecule has 0 bridgehead atoms. The second kappa shape index (κ2) is 7.85. The van der Waals surface area contributed by atoms with Gasteiger partial charge in [0.2, 0.25) is 5.91 Å². The van der Waals surface area contributed by atoms with E-state index in [1.54, 1.807) is 6.92 Å². The van der Waals surface area contributed by atoms with E-state index in [-0.39, 0.29) is 17.3 Å². The molecule has 1 heterocycles. The number of nitrogens with one attached hydrogen (secondary N) is 1. The first kappa shape index (κ1) is 15.6. The second-order valence-electron chi connectivity index (χ2n) is 3.90. The molecule has 19 heavy (non-hydrogen) atoms. The van der Waals surface area contributed by atoms with Crippen molar-refractivity contribution in [2.24, 2.45) is 0 Å². The fourth-order valence-corrected chi connectivity index (χ4v) is 2.31. The van der Waals surface area contributed by atoms with Crippen molar-refractivity contribution in [2.75, 3.05) is 13.2 Å². The van der Waals surface area contributed by atoms with Gasteiger partial charge in [0.15, 0.2) is 0 Å². The van der Waals surface area contributed by atoms with E-state index < -0.39 is 5.97 Å². The summed E-state index contributed by atoms with van der Waals surface area (Å²) >= 11 is 1.09. The Balaban J connectivity index is 2.34. The van der Waals surface area contributed by atoms with E-state index in [0.29, 0.717) is 36.8 Å². The lowest BCUT2D eigenvalue weighted by atomic mass is 10.3. The number of hydrogen-bond acceptors (Lipinski definition) is 5. The molecule has 0 aromatic carbocycles. The number of carbonyl (C=O) groups excluding carboxylic acids is 1. The van der Waals surface area contributed by atoms with Gasteiger partial charge in [-0.3, -0.25) is 4.79 Å². The Bertz CT molecular complexity index is 445. The van der Waals surface area contributed by atoms with Crippen LogP contribution in [-0.2, 0) is 16.1 Å². The summed E-state index contributed by atoms with van der Waals surface area (Å²) in [5.74, 6) is -1.06. The van der Waals surface area contributed by atoms with Gasteiger partial charge in [0.25, 0.3) is 0 Å². The molecule has 0 saturated carbocycles. The summed E-state index contributed by atoms with van der Waals surface area (Å²) in [5.41, 5.74) is 0.484. The highest BCUT2D eigenvalue weighted by Crippen LogP contribution is 2.17. The number of carboxylic acid groups (broad SMARTS) is 1. The van der Waals surface area contributed by atoms with Gasteiger partial charge in [-0.15, -0.1) is 11.3 Å². The maximum Gasteiger partial charge on any atom is 0.347 e. The highest BCUT2D eigenvalue weighted by molar-refractivity contribution is 7.13. The Kier molecular flexibility index (Phi) is 6.44. The highest BCUT2D eigenvalue weighted by Gasteiger charge is 2.14. The standard InChI is InChI=1S/C12H18N2O4S/c1-3-18-6-4-5-9(15)13-7-10-14-8(2)11(19-10)12(16)17/h3-7H2,1-2H3,(H,13,15)(H,16,17). The van der Waals surface area contributed by atoms with Crippen molar-refractivity contribution in [3.63, 3.8) is 0 Å². The molecule has 0 aliphatic heterocycles. The van der Waals surface area contributed by atoms with Crippen LogP contribution in [0.15, 0.2) is 0 Å². The summed E-state index contributed by atoms with van der Waals surface area (Å²) in [6.07, 6.45) is 1.08. The summed E-state index contributed by atoms with van der Waals surface area (Å²) < 4.78 is 5.14. The van der Waals surface area contributed by atoms with Crippen LogP contribution >= 0.6 is 11.3 Å². The summed E-state index contributed by atoms with van der Waals surface area (Å²) in [6.45, 7) is 5.05. The second-order valence-corrected chi connectivity index (χ2v) is 4.99. The van der Waals surface area contributed by atoms with Gasteiger partial charge < -0.3 is 15.2 Å². The van der Waals surface area contributed by atoms with Crippen molar-refractivity contribution in [1.82, 2.24) is 10.3 Å². The van der Waals surface area contributed by atoms with Crippen LogP contribution in [0.5, 0.6) is 0 Å². The van der Waals surface area contributed by atoms with Crippen molar-refractivity contribution in [3.8, 4) is 0 Å². The van der Waals surface area contributed by atoms with Gasteiger partial charge in [-0.1, -0.05) is 0 Å². The molecule has 0 spiro atoms. The van der Waals surface area contributed by atoms with Crippen LogP contribution < -0.4 is 5.32 Å². The molecule has 6 nitrogen and oxygen atoms in total. The van der Waals surface area contributed by atoms with E-state index in [4.69, 9.17) is 9.84 Å². The molecule has 2 N–H and O–H groups in total. The molecule has 1 aromatic rings. The highest BCUT2D eigenvalue weighted by atomic mass is 32.1. The third-order valence-corrected chi connectivity index (χ3v) is 3.51. The maximum atomic E-state index is 11.5. The maximum absolute atomic E-state index is 11.5. The zero-order chi connectivity index (χ0) is 14.3. The first-order valence-corrected chi connectivity index (χ1v) is 6.90. The van der Waals surface area contributed by atoms with E-state index >= 15 is 0 Å². The smallest absolute Gasteiger partial charge is 0.347 e. The molecule has 0 aliphatic carbocycles. The zero-order valence-corrected chi connectivity index (χ0v) is 11.9. The Labute approximate surface area is 115 Å². The Morgan fingerprint density at radius 3 is 2.79 bits per heavy atom. The van der Waals surface area contributed by atoms with Crippen LogP contribution in [0.3, 0.4) is 0 Å². The van der Waals surface area contributed by atoms with Crippen LogP contribution in [0.4, 0.5) is 0 Å². The Hall–Kier alpha value is -1.47. The van der Waals surface area contributed by atoms with Crippen molar-refractivity contribution in [3.05, 3.63) is 15.6 Å². The van der Waals surface area contributed by atoms with Gasteiger partial charge in [-0.25, -0.2) is 9.78 Å². The van der Waals surface area contributed by atoms with Crippen molar-refractivity contribution in [2.45, 2.75) is 33.2 Å². The lowest BCUT2D eigenvalue weighted by Crippen LogP contribution is -2.22. The number of carboxylic acids is 1. The van der Waals surface area contributed by atoms with Crippen LogP contribution in [-0.4, -0.2) is 35.2 Å². The third kappa shape index (κ3) is 5.35. The monoisotopic (exact) mass is 286 g/mol. The third-order valence-electron chi connectivity index (χ3n) is 2.37. The minimum atomic E-state index is -0.982. The fourth-order valence-electron chi connectivity index (χ4n) is 1.47. The molecule has 0 unspecified atom stereocenters. The van der Waals surface area contributed by atoms with Crippen LogP contribution in [0.2, 0.25) is 0 Å². The molecule has 1 aromatic heterocycles. The van der Waals surface area contributed by atoms with Crippen molar-refractivity contribution in [1.29, 1.82) is 0 Å². The van der Waals surface area contributed by atoms with Gasteiger partial charge in [0.1, 0.15) is 9.88 Å². The minimum Gasteiger partial charge on any atom is -0.477 e. The quantitative estimate of drug-likeness (QED) is 0.708. The van der Waals surface area contributed by atoms with Gasteiger partial charge in [-0.2, -0.15) is 0 Å². The van der Waals surface area contributed by atoms with Crippen molar-refractivity contribution < 1.29 is 19.4 Å². The molecule has 0 aliphatic rings. The Morgan fingerprint density at radius 2 is 2.21 bits per heavy atom. The molecule has 0 fully saturated rings. The summed E-state index contributed by atoms with van der Waals surface area (Å²) in [7, 11) is 0. The normalized spacial score (nSPS) is 10.4. The van der Waals surface area contributed by atoms with E-state index in [1.807, 2.05) is 6.92 Å². The number of amides is 1. The number of rotatable bonds is 8. The predicted octanol–water partition coefficient (Wildman–Crippen LogP) is 1.58. The van der Waals surface area contributed by atoms with Crippen molar-refractivity contribution >= 4 is 23.2 Å². The summed E-state index contributed by atoms with van der Waals surface area (Å²) in [6, 6.07) is 0. The molecular weight excluding hydrogens is 268 g/mol. The van der Waals surface area contributed by atoms with Gasteiger partial charge in [0.05, 0.1) is 12.2 Å². The zero-order valence-electron chi connectivity index (χ0n) is 11.1. The van der Waals surface area contributed by atoms with E-state index in [9.17, 15) is 9.59 Å². The molecule has 0 radical (unpaired) electrons. The molecular formula is C12H18N2O4S. The van der Waals surface area contributed by atoms with Crippen LogP contribution in [0.1, 0.15) is 40.1 Å².